The van der Waals surface area contributed by atoms with Crippen LogP contribution in [0, 0.1) is 0 Å². The van der Waals surface area contributed by atoms with Gasteiger partial charge in [0, 0.05) is 25.8 Å². The zero-order valence-corrected chi connectivity index (χ0v) is 8.86. The maximum Gasteiger partial charge on any atom is 0.333 e. The van der Waals surface area contributed by atoms with Crippen molar-refractivity contribution in [3.63, 3.8) is 0 Å². The third kappa shape index (κ3) is 3.38. The number of aliphatic carboxylic acids is 1. The molecule has 4 heteroatoms. The van der Waals surface area contributed by atoms with E-state index in [0.29, 0.717) is 12.0 Å². The minimum Gasteiger partial charge on any atom is -0.478 e. The fraction of sp³-hybridized carbons (Fsp3) is 0.700. The molecule has 0 fully saturated rings. The van der Waals surface area contributed by atoms with E-state index >= 15 is 0 Å². The molecule has 1 aliphatic rings. The predicted octanol–water partition coefficient (Wildman–Crippen LogP) is 0.612. The molecule has 1 N–H and O–H groups in total. The van der Waals surface area contributed by atoms with E-state index in [1.165, 1.54) is 0 Å². The molecule has 80 valence electrons. The van der Waals surface area contributed by atoms with Crippen LogP contribution in [0.3, 0.4) is 0 Å². The molecule has 0 spiro atoms. The molecule has 0 amide bonds. The van der Waals surface area contributed by atoms with Gasteiger partial charge in [-0.2, -0.15) is 0 Å². The number of rotatable bonds is 4. The van der Waals surface area contributed by atoms with E-state index in [9.17, 15) is 4.79 Å². The molecular weight excluding hydrogens is 180 g/mol. The standard InChI is InChI=1S/C10H18N2O2/c1-11(2)6-7-12-5-3-4-9(8-12)10(13)14/h8H,3-7H2,1-2H3,(H,13,14). The summed E-state index contributed by atoms with van der Waals surface area (Å²) in [4.78, 5) is 14.9. The van der Waals surface area contributed by atoms with E-state index in [4.69, 9.17) is 5.11 Å². The van der Waals surface area contributed by atoms with E-state index in [1.54, 1.807) is 6.20 Å². The van der Waals surface area contributed by atoms with Crippen LogP contribution in [0.1, 0.15) is 12.8 Å². The highest BCUT2D eigenvalue weighted by Gasteiger charge is 2.14. The summed E-state index contributed by atoms with van der Waals surface area (Å²) in [5.41, 5.74) is 0.537. The van der Waals surface area contributed by atoms with Gasteiger partial charge in [0.05, 0.1) is 5.57 Å². The van der Waals surface area contributed by atoms with Crippen LogP contribution in [0.4, 0.5) is 0 Å². The molecule has 14 heavy (non-hydrogen) atoms. The van der Waals surface area contributed by atoms with Crippen LogP contribution in [-0.4, -0.2) is 54.6 Å². The summed E-state index contributed by atoms with van der Waals surface area (Å²) in [6.07, 6.45) is 3.44. The average molecular weight is 198 g/mol. The molecule has 0 aliphatic carbocycles. The summed E-state index contributed by atoms with van der Waals surface area (Å²) in [5.74, 6) is -0.778. The predicted molar refractivity (Wildman–Crippen MR) is 55.1 cm³/mol. The molecule has 1 aliphatic heterocycles. The molecule has 0 atom stereocenters. The molecule has 1 heterocycles. The lowest BCUT2D eigenvalue weighted by atomic mass is 10.1. The molecule has 0 aromatic rings. The lowest BCUT2D eigenvalue weighted by molar-refractivity contribution is -0.133. The minimum absolute atomic E-state index is 0.537. The Balaban J connectivity index is 2.46. The van der Waals surface area contributed by atoms with Crippen LogP contribution in [0.15, 0.2) is 11.8 Å². The van der Waals surface area contributed by atoms with Gasteiger partial charge in [0.1, 0.15) is 0 Å². The summed E-state index contributed by atoms with van der Waals surface area (Å²) in [6, 6.07) is 0. The van der Waals surface area contributed by atoms with Crippen LogP contribution in [0.25, 0.3) is 0 Å². The molecule has 0 saturated carbocycles. The van der Waals surface area contributed by atoms with E-state index in [1.807, 2.05) is 14.1 Å². The molecular formula is C10H18N2O2. The van der Waals surface area contributed by atoms with Crippen molar-refractivity contribution >= 4 is 5.97 Å². The van der Waals surface area contributed by atoms with Crippen molar-refractivity contribution in [1.82, 2.24) is 9.80 Å². The Morgan fingerprint density at radius 1 is 1.64 bits per heavy atom. The third-order valence-electron chi connectivity index (χ3n) is 2.34. The van der Waals surface area contributed by atoms with Crippen LogP contribution in [0.2, 0.25) is 0 Å². The quantitative estimate of drug-likeness (QED) is 0.719. The van der Waals surface area contributed by atoms with Gasteiger partial charge in [-0.25, -0.2) is 4.79 Å². The van der Waals surface area contributed by atoms with Crippen LogP contribution in [0.5, 0.6) is 0 Å². The van der Waals surface area contributed by atoms with Crippen LogP contribution >= 0.6 is 0 Å². The van der Waals surface area contributed by atoms with E-state index in [-0.39, 0.29) is 0 Å². The monoisotopic (exact) mass is 198 g/mol. The Labute approximate surface area is 84.8 Å². The summed E-state index contributed by atoms with van der Waals surface area (Å²) < 4.78 is 0. The summed E-state index contributed by atoms with van der Waals surface area (Å²) in [5, 5.41) is 8.83. The van der Waals surface area contributed by atoms with Gasteiger partial charge in [-0.1, -0.05) is 0 Å². The number of likely N-dealkylation sites (N-methyl/N-ethyl adjacent to an activating group) is 1. The smallest absolute Gasteiger partial charge is 0.333 e. The van der Waals surface area contributed by atoms with Gasteiger partial charge in [-0.15, -0.1) is 0 Å². The first-order valence-corrected chi connectivity index (χ1v) is 4.92. The van der Waals surface area contributed by atoms with Crippen molar-refractivity contribution in [2.75, 3.05) is 33.7 Å². The molecule has 0 saturated heterocycles. The molecule has 1 rings (SSSR count). The number of carboxylic acid groups (broad SMARTS) is 1. The molecule has 0 unspecified atom stereocenters. The van der Waals surface area contributed by atoms with Gasteiger partial charge in [0.15, 0.2) is 0 Å². The first-order chi connectivity index (χ1) is 6.59. The van der Waals surface area contributed by atoms with Crippen molar-refractivity contribution in [2.24, 2.45) is 0 Å². The van der Waals surface area contributed by atoms with Crippen LogP contribution < -0.4 is 0 Å². The molecule has 0 bridgehead atoms. The maximum atomic E-state index is 10.7. The Bertz CT molecular complexity index is 236. The fourth-order valence-electron chi connectivity index (χ4n) is 1.49. The molecule has 0 aromatic carbocycles. The molecule has 0 aromatic heterocycles. The highest BCUT2D eigenvalue weighted by molar-refractivity contribution is 5.86. The second kappa shape index (κ2) is 5.00. The molecule has 4 nitrogen and oxygen atoms in total. The molecule has 0 radical (unpaired) electrons. The first-order valence-electron chi connectivity index (χ1n) is 4.92. The largest absolute Gasteiger partial charge is 0.478 e. The Morgan fingerprint density at radius 2 is 2.36 bits per heavy atom. The second-order valence-electron chi connectivity index (χ2n) is 3.90. The van der Waals surface area contributed by atoms with Crippen molar-refractivity contribution < 1.29 is 9.90 Å². The van der Waals surface area contributed by atoms with Gasteiger partial charge < -0.3 is 14.9 Å². The summed E-state index contributed by atoms with van der Waals surface area (Å²) >= 11 is 0. The number of hydrogen-bond donors (Lipinski definition) is 1. The van der Waals surface area contributed by atoms with Crippen molar-refractivity contribution in [3.8, 4) is 0 Å². The van der Waals surface area contributed by atoms with E-state index in [2.05, 4.69) is 9.80 Å². The second-order valence-corrected chi connectivity index (χ2v) is 3.90. The number of nitrogens with zero attached hydrogens (tertiary/aromatic N) is 2. The Morgan fingerprint density at radius 3 is 2.93 bits per heavy atom. The third-order valence-corrected chi connectivity index (χ3v) is 2.34. The first kappa shape index (κ1) is 11.0. The van der Waals surface area contributed by atoms with Crippen molar-refractivity contribution in [1.29, 1.82) is 0 Å². The van der Waals surface area contributed by atoms with Crippen LogP contribution in [-0.2, 0) is 4.79 Å². The SMILES string of the molecule is CN(C)CCN1C=C(C(=O)O)CCC1. The van der Waals surface area contributed by atoms with Gasteiger partial charge >= 0.3 is 5.97 Å². The van der Waals surface area contributed by atoms with E-state index in [0.717, 1.165) is 26.1 Å². The zero-order chi connectivity index (χ0) is 10.6. The van der Waals surface area contributed by atoms with Gasteiger partial charge in [0.25, 0.3) is 0 Å². The lowest BCUT2D eigenvalue weighted by Gasteiger charge is -2.26. The minimum atomic E-state index is -0.778. The lowest BCUT2D eigenvalue weighted by Crippen LogP contribution is -2.31. The Kier molecular flexibility index (Phi) is 3.95. The number of hydrogen-bond acceptors (Lipinski definition) is 3. The number of carboxylic acids is 1. The fourth-order valence-corrected chi connectivity index (χ4v) is 1.49. The van der Waals surface area contributed by atoms with Gasteiger partial charge in [-0.05, 0) is 26.9 Å². The average Bonchev–Trinajstić information content (AvgIpc) is 2.15. The summed E-state index contributed by atoms with van der Waals surface area (Å²) in [7, 11) is 4.04. The topological polar surface area (TPSA) is 43.8 Å². The van der Waals surface area contributed by atoms with Crippen molar-refractivity contribution in [3.05, 3.63) is 11.8 Å². The Hall–Kier alpha value is -1.03. The normalized spacial score (nSPS) is 17.1. The number of carbonyl (C=O) groups is 1. The summed E-state index contributed by atoms with van der Waals surface area (Å²) in [6.45, 7) is 2.85. The highest BCUT2D eigenvalue weighted by atomic mass is 16.4. The van der Waals surface area contributed by atoms with Crippen molar-refractivity contribution in [2.45, 2.75) is 12.8 Å². The maximum absolute atomic E-state index is 10.7. The van der Waals surface area contributed by atoms with E-state index < -0.39 is 5.97 Å². The van der Waals surface area contributed by atoms with Gasteiger partial charge in [0.2, 0.25) is 0 Å². The highest BCUT2D eigenvalue weighted by Crippen LogP contribution is 2.14. The van der Waals surface area contributed by atoms with Gasteiger partial charge in [-0.3, -0.25) is 0 Å². The zero-order valence-electron chi connectivity index (χ0n) is 8.86.